The number of carbonyl (C=O) groups excluding carboxylic acids is 1. The molecule has 1 amide bonds. The number of nitrogens with zero attached hydrogens (tertiary/aromatic N) is 2. The van der Waals surface area contributed by atoms with Crippen LogP contribution in [0.4, 0.5) is 5.69 Å². The lowest BCUT2D eigenvalue weighted by atomic mass is 9.97. The van der Waals surface area contributed by atoms with Crippen LogP contribution in [0.3, 0.4) is 0 Å². The van der Waals surface area contributed by atoms with Crippen LogP contribution in [-0.2, 0) is 9.47 Å². The third kappa shape index (κ3) is 4.69. The number of thiophene rings is 1. The third-order valence-electron chi connectivity index (χ3n) is 7.47. The number of ether oxygens (including phenoxy) is 2. The second kappa shape index (κ2) is 10.5. The molecule has 7 nitrogen and oxygen atoms in total. The van der Waals surface area contributed by atoms with E-state index >= 15 is 0 Å². The standard InChI is InChI=1S/C30H32N4O3S/c1-18-16-31-28-27-22-8-9-23(33-24(22)10-11-25(27)38-29(28)30(35)32-18)21-6-4-19(5-7-21)20-12-14-34(15-13-20)17-26(36-2)37-3/h4-12,18,26,31H,13-17H2,1-3H3,(H,32,35)/t18-/m1/s1. The Labute approximate surface area is 226 Å². The molecule has 0 radical (unpaired) electrons. The van der Waals surface area contributed by atoms with Crippen LogP contribution in [0.2, 0.25) is 0 Å². The van der Waals surface area contributed by atoms with Crippen LogP contribution >= 0.6 is 11.3 Å². The van der Waals surface area contributed by atoms with E-state index in [2.05, 4.69) is 70.1 Å². The summed E-state index contributed by atoms with van der Waals surface area (Å²) >= 11 is 1.54. The Morgan fingerprint density at radius 2 is 1.87 bits per heavy atom. The van der Waals surface area contributed by atoms with Crippen molar-refractivity contribution in [2.24, 2.45) is 0 Å². The van der Waals surface area contributed by atoms with Gasteiger partial charge in [-0.1, -0.05) is 30.3 Å². The fourth-order valence-corrected chi connectivity index (χ4v) is 6.43. The highest BCUT2D eigenvalue weighted by atomic mass is 32.1. The molecule has 196 valence electrons. The number of rotatable bonds is 6. The molecule has 2 aromatic heterocycles. The van der Waals surface area contributed by atoms with Gasteiger partial charge >= 0.3 is 0 Å². The van der Waals surface area contributed by atoms with Crippen LogP contribution in [-0.4, -0.2) is 68.5 Å². The Hall–Kier alpha value is -3.30. The van der Waals surface area contributed by atoms with Crippen LogP contribution in [0.25, 0.3) is 37.8 Å². The predicted molar refractivity (Wildman–Crippen MR) is 155 cm³/mol. The van der Waals surface area contributed by atoms with Crippen LogP contribution in [0.5, 0.6) is 0 Å². The van der Waals surface area contributed by atoms with Gasteiger partial charge in [0.2, 0.25) is 0 Å². The second-order valence-corrected chi connectivity index (χ2v) is 11.0. The molecule has 1 atom stereocenters. The minimum atomic E-state index is -0.191. The number of hydrogen-bond donors (Lipinski definition) is 2. The van der Waals surface area contributed by atoms with E-state index in [1.54, 1.807) is 14.2 Å². The first-order valence-corrected chi connectivity index (χ1v) is 13.8. The molecular weight excluding hydrogens is 496 g/mol. The lowest BCUT2D eigenvalue weighted by Crippen LogP contribution is -2.37. The SMILES string of the molecule is COC(CN1CC=C(c2ccc(-c3ccc4c(ccc5sc6c(c54)NC[C@@H](C)NC6=O)n3)cc2)CC1)OC. The summed E-state index contributed by atoms with van der Waals surface area (Å²) in [5.41, 5.74) is 6.52. The monoisotopic (exact) mass is 528 g/mol. The Morgan fingerprint density at radius 3 is 2.61 bits per heavy atom. The quantitative estimate of drug-likeness (QED) is 0.328. The van der Waals surface area contributed by atoms with Crippen molar-refractivity contribution in [3.8, 4) is 11.3 Å². The highest BCUT2D eigenvalue weighted by Crippen LogP contribution is 2.41. The average molecular weight is 529 g/mol. The van der Waals surface area contributed by atoms with Crippen molar-refractivity contribution in [3.63, 3.8) is 0 Å². The maximum Gasteiger partial charge on any atom is 0.263 e. The lowest BCUT2D eigenvalue weighted by molar-refractivity contribution is -0.115. The van der Waals surface area contributed by atoms with Gasteiger partial charge in [-0.3, -0.25) is 9.69 Å². The number of hydrogen-bond acceptors (Lipinski definition) is 7. The van der Waals surface area contributed by atoms with Gasteiger partial charge < -0.3 is 20.1 Å². The fourth-order valence-electron chi connectivity index (χ4n) is 5.34. The summed E-state index contributed by atoms with van der Waals surface area (Å²) in [6.45, 7) is 5.36. The van der Waals surface area contributed by atoms with Crippen molar-refractivity contribution < 1.29 is 14.3 Å². The molecule has 4 heterocycles. The summed E-state index contributed by atoms with van der Waals surface area (Å²) in [6, 6.07) is 17.2. The van der Waals surface area contributed by atoms with Gasteiger partial charge in [-0.15, -0.1) is 11.3 Å². The first kappa shape index (κ1) is 25.0. The van der Waals surface area contributed by atoms with Gasteiger partial charge in [0.25, 0.3) is 5.91 Å². The normalized spacial score (nSPS) is 18.3. The van der Waals surface area contributed by atoms with E-state index < -0.39 is 0 Å². The molecule has 2 aliphatic rings. The van der Waals surface area contributed by atoms with Gasteiger partial charge in [-0.05, 0) is 48.7 Å². The number of pyridine rings is 1. The van der Waals surface area contributed by atoms with Gasteiger partial charge in [0.05, 0.1) is 16.9 Å². The number of aromatic nitrogens is 1. The zero-order chi connectivity index (χ0) is 26.2. The summed E-state index contributed by atoms with van der Waals surface area (Å²) in [5.74, 6) is -0.00791. The predicted octanol–water partition coefficient (Wildman–Crippen LogP) is 5.37. The molecule has 0 saturated heterocycles. The topological polar surface area (TPSA) is 75.7 Å². The van der Waals surface area contributed by atoms with E-state index in [1.807, 2.05) is 6.92 Å². The van der Waals surface area contributed by atoms with Crippen molar-refractivity contribution in [2.75, 3.05) is 45.7 Å². The number of nitrogens with one attached hydrogen (secondary N) is 2. The van der Waals surface area contributed by atoms with Gasteiger partial charge in [0.15, 0.2) is 6.29 Å². The highest BCUT2D eigenvalue weighted by molar-refractivity contribution is 7.21. The molecule has 0 aliphatic carbocycles. The van der Waals surface area contributed by atoms with Gasteiger partial charge in [0, 0.05) is 67.5 Å². The van der Waals surface area contributed by atoms with Crippen LogP contribution < -0.4 is 10.6 Å². The smallest absolute Gasteiger partial charge is 0.263 e. The van der Waals surface area contributed by atoms with Gasteiger partial charge in [-0.25, -0.2) is 4.98 Å². The largest absolute Gasteiger partial charge is 0.381 e. The summed E-state index contributed by atoms with van der Waals surface area (Å²) in [4.78, 5) is 20.8. The maximum absolute atomic E-state index is 12.7. The molecule has 0 unspecified atom stereocenters. The molecule has 38 heavy (non-hydrogen) atoms. The lowest BCUT2D eigenvalue weighted by Gasteiger charge is -2.29. The second-order valence-electron chi connectivity index (χ2n) is 9.98. The molecule has 0 bridgehead atoms. The molecule has 6 rings (SSSR count). The number of benzene rings is 2. The Bertz CT molecular complexity index is 1520. The maximum atomic E-state index is 12.7. The minimum absolute atomic E-state index is 0.00791. The zero-order valence-electron chi connectivity index (χ0n) is 21.9. The van der Waals surface area contributed by atoms with E-state index in [4.69, 9.17) is 14.5 Å². The Kier molecular flexibility index (Phi) is 6.88. The van der Waals surface area contributed by atoms with Crippen molar-refractivity contribution >= 4 is 49.5 Å². The van der Waals surface area contributed by atoms with Crippen molar-refractivity contribution in [1.29, 1.82) is 0 Å². The van der Waals surface area contributed by atoms with Gasteiger partial charge in [-0.2, -0.15) is 0 Å². The number of anilines is 1. The number of methoxy groups -OCH3 is 2. The van der Waals surface area contributed by atoms with E-state index in [0.717, 1.165) is 68.9 Å². The molecule has 2 aromatic carbocycles. The van der Waals surface area contributed by atoms with Crippen molar-refractivity contribution in [3.05, 3.63) is 65.0 Å². The van der Waals surface area contributed by atoms with Crippen molar-refractivity contribution in [1.82, 2.24) is 15.2 Å². The molecule has 4 aromatic rings. The molecule has 0 spiro atoms. The van der Waals surface area contributed by atoms with Crippen LogP contribution in [0.1, 0.15) is 28.6 Å². The summed E-state index contributed by atoms with van der Waals surface area (Å²) in [6.07, 6.45) is 3.11. The van der Waals surface area contributed by atoms with E-state index in [9.17, 15) is 4.79 Å². The Balaban J connectivity index is 1.25. The summed E-state index contributed by atoms with van der Waals surface area (Å²) < 4.78 is 11.8. The first-order valence-electron chi connectivity index (χ1n) is 13.0. The molecular formula is C30H32N4O3S. The molecule has 0 fully saturated rings. The Morgan fingerprint density at radius 1 is 1.08 bits per heavy atom. The first-order chi connectivity index (χ1) is 18.5. The molecule has 2 aliphatic heterocycles. The molecule has 0 saturated carbocycles. The minimum Gasteiger partial charge on any atom is -0.381 e. The number of fused-ring (bicyclic) bond motifs is 5. The van der Waals surface area contributed by atoms with E-state index in [1.165, 1.54) is 22.5 Å². The summed E-state index contributed by atoms with van der Waals surface area (Å²) in [7, 11) is 3.36. The van der Waals surface area contributed by atoms with E-state index in [0.29, 0.717) is 6.54 Å². The van der Waals surface area contributed by atoms with Crippen molar-refractivity contribution in [2.45, 2.75) is 25.7 Å². The molecule has 2 N–H and O–H groups in total. The van der Waals surface area contributed by atoms with Crippen LogP contribution in [0.15, 0.2) is 54.6 Å². The fraction of sp³-hybridized carbons (Fsp3) is 0.333. The number of amides is 1. The van der Waals surface area contributed by atoms with Crippen LogP contribution in [0, 0.1) is 0 Å². The average Bonchev–Trinajstić information content (AvgIpc) is 3.27. The van der Waals surface area contributed by atoms with Gasteiger partial charge in [0.1, 0.15) is 4.88 Å². The third-order valence-corrected chi connectivity index (χ3v) is 8.62. The zero-order valence-corrected chi connectivity index (χ0v) is 22.7. The van der Waals surface area contributed by atoms with E-state index in [-0.39, 0.29) is 18.2 Å². The number of carbonyl (C=O) groups is 1. The summed E-state index contributed by atoms with van der Waals surface area (Å²) in [5, 5.41) is 8.71. The molecule has 8 heteroatoms. The highest BCUT2D eigenvalue weighted by Gasteiger charge is 2.25.